The van der Waals surface area contributed by atoms with E-state index in [1.54, 1.807) is 7.11 Å². The minimum absolute atomic E-state index is 0.0366. The average molecular weight is 230 g/mol. The zero-order valence-corrected chi connectivity index (χ0v) is 10.3. The number of ketones is 1. The number of carbonyl (C=O) groups is 1. The molecule has 1 aromatic carbocycles. The maximum absolute atomic E-state index is 11.5. The van der Waals surface area contributed by atoms with Crippen molar-refractivity contribution in [2.75, 3.05) is 7.11 Å². The van der Waals surface area contributed by atoms with Crippen molar-refractivity contribution in [1.29, 1.82) is 0 Å². The molecule has 1 atom stereocenters. The summed E-state index contributed by atoms with van der Waals surface area (Å²) in [5.74, 6) is 0.0366. The van der Waals surface area contributed by atoms with Crippen LogP contribution < -0.4 is 0 Å². The Morgan fingerprint density at radius 2 is 2.06 bits per heavy atom. The molecule has 0 N–H and O–H groups in total. The van der Waals surface area contributed by atoms with Crippen LogP contribution in [0.25, 0.3) is 6.08 Å². The molecule has 90 valence electrons. The predicted molar refractivity (Wildman–Crippen MR) is 70.7 cm³/mol. The average Bonchev–Trinajstić information content (AvgIpc) is 2.39. The van der Waals surface area contributed by atoms with Crippen LogP contribution in [-0.2, 0) is 9.53 Å². The van der Waals surface area contributed by atoms with E-state index in [2.05, 4.69) is 6.58 Å². The summed E-state index contributed by atoms with van der Waals surface area (Å²) in [4.78, 5) is 11.5. The van der Waals surface area contributed by atoms with Crippen LogP contribution in [0.4, 0.5) is 0 Å². The number of methoxy groups -OCH3 is 1. The molecular weight excluding hydrogens is 212 g/mol. The molecule has 0 radical (unpaired) electrons. The van der Waals surface area contributed by atoms with Crippen LogP contribution in [0.3, 0.4) is 0 Å². The lowest BCUT2D eigenvalue weighted by Gasteiger charge is -2.12. The van der Waals surface area contributed by atoms with Crippen LogP contribution in [0.15, 0.2) is 48.6 Å². The molecule has 0 fully saturated rings. The van der Waals surface area contributed by atoms with Gasteiger partial charge in [0.1, 0.15) is 6.10 Å². The molecule has 2 nitrogen and oxygen atoms in total. The number of hydrogen-bond donors (Lipinski definition) is 0. The van der Waals surface area contributed by atoms with Gasteiger partial charge in [-0.15, -0.1) is 0 Å². The maximum Gasteiger partial charge on any atom is 0.160 e. The van der Waals surface area contributed by atoms with E-state index in [4.69, 9.17) is 4.74 Å². The van der Waals surface area contributed by atoms with Gasteiger partial charge in [-0.25, -0.2) is 0 Å². The molecule has 17 heavy (non-hydrogen) atoms. The Kier molecular flexibility index (Phi) is 5.37. The van der Waals surface area contributed by atoms with E-state index in [1.807, 2.05) is 49.4 Å². The number of hydrogen-bond acceptors (Lipinski definition) is 2. The third-order valence-electron chi connectivity index (χ3n) is 2.54. The molecule has 0 aliphatic rings. The molecule has 0 aliphatic carbocycles. The second-order valence-electron chi connectivity index (χ2n) is 3.73. The lowest BCUT2D eigenvalue weighted by atomic mass is 10.0. The molecular formula is C15H18O2. The summed E-state index contributed by atoms with van der Waals surface area (Å²) in [7, 11) is 1.58. The van der Waals surface area contributed by atoms with Gasteiger partial charge in [0, 0.05) is 19.1 Å². The largest absolute Gasteiger partial charge is 0.373 e. The molecule has 1 unspecified atom stereocenters. The molecule has 0 saturated heterocycles. The molecule has 1 aromatic rings. The number of benzene rings is 1. The Balaban J connectivity index is 2.74. The van der Waals surface area contributed by atoms with Crippen molar-refractivity contribution < 1.29 is 9.53 Å². The fraction of sp³-hybridized carbons (Fsp3) is 0.267. The number of carbonyl (C=O) groups excluding carboxylic acids is 1. The van der Waals surface area contributed by atoms with Crippen molar-refractivity contribution in [1.82, 2.24) is 0 Å². The van der Waals surface area contributed by atoms with Crippen LogP contribution in [0.5, 0.6) is 0 Å². The van der Waals surface area contributed by atoms with Gasteiger partial charge in [-0.2, -0.15) is 0 Å². The molecule has 0 bridgehead atoms. The van der Waals surface area contributed by atoms with Crippen molar-refractivity contribution in [3.05, 3.63) is 54.1 Å². The molecule has 0 saturated carbocycles. The second-order valence-corrected chi connectivity index (χ2v) is 3.73. The Labute approximate surface area is 103 Å². The zero-order chi connectivity index (χ0) is 12.7. The van der Waals surface area contributed by atoms with Crippen LogP contribution in [0, 0.1) is 0 Å². The van der Waals surface area contributed by atoms with Crippen LogP contribution >= 0.6 is 0 Å². The van der Waals surface area contributed by atoms with E-state index in [9.17, 15) is 4.79 Å². The van der Waals surface area contributed by atoms with Crippen molar-refractivity contribution in [3.63, 3.8) is 0 Å². The summed E-state index contributed by atoms with van der Waals surface area (Å²) in [5, 5.41) is 0. The summed E-state index contributed by atoms with van der Waals surface area (Å²) < 4.78 is 5.25. The summed E-state index contributed by atoms with van der Waals surface area (Å²) in [6.45, 7) is 5.60. The molecule has 0 aromatic heterocycles. The summed E-state index contributed by atoms with van der Waals surface area (Å²) in [5.41, 5.74) is 1.58. The minimum atomic E-state index is -0.345. The smallest absolute Gasteiger partial charge is 0.160 e. The SMILES string of the molecule is C=C(C(=O)CC)C(/C=C/c1ccccc1)OC. The highest BCUT2D eigenvalue weighted by Crippen LogP contribution is 2.11. The second kappa shape index (κ2) is 6.81. The van der Waals surface area contributed by atoms with Gasteiger partial charge in [0.25, 0.3) is 0 Å². The Morgan fingerprint density at radius 1 is 1.41 bits per heavy atom. The standard InChI is InChI=1S/C15H18O2/c1-4-14(16)12(2)15(17-3)11-10-13-8-6-5-7-9-13/h5-11,15H,2,4H2,1,3H3/b11-10+. The number of Topliss-reactive ketones (excluding diaryl/α,β-unsaturated/α-hetero) is 1. The fourth-order valence-corrected chi connectivity index (χ4v) is 1.49. The first kappa shape index (κ1) is 13.4. The Hall–Kier alpha value is -1.67. The van der Waals surface area contributed by atoms with Gasteiger partial charge in [0.2, 0.25) is 0 Å². The van der Waals surface area contributed by atoms with Gasteiger partial charge in [0.15, 0.2) is 5.78 Å². The third-order valence-corrected chi connectivity index (χ3v) is 2.54. The van der Waals surface area contributed by atoms with E-state index in [-0.39, 0.29) is 11.9 Å². The van der Waals surface area contributed by atoms with Crippen molar-refractivity contribution in [2.45, 2.75) is 19.4 Å². The quantitative estimate of drug-likeness (QED) is 0.701. The minimum Gasteiger partial charge on any atom is -0.373 e. The summed E-state index contributed by atoms with van der Waals surface area (Å²) >= 11 is 0. The number of ether oxygens (including phenoxy) is 1. The topological polar surface area (TPSA) is 26.3 Å². The summed E-state index contributed by atoms with van der Waals surface area (Å²) in [6, 6.07) is 9.88. The van der Waals surface area contributed by atoms with E-state index in [0.717, 1.165) is 5.56 Å². The van der Waals surface area contributed by atoms with Gasteiger partial charge in [-0.05, 0) is 5.56 Å². The van der Waals surface area contributed by atoms with Crippen molar-refractivity contribution in [2.24, 2.45) is 0 Å². The van der Waals surface area contributed by atoms with E-state index in [1.165, 1.54) is 0 Å². The van der Waals surface area contributed by atoms with Crippen molar-refractivity contribution >= 4 is 11.9 Å². The normalized spacial score (nSPS) is 12.6. The van der Waals surface area contributed by atoms with Crippen LogP contribution in [0.2, 0.25) is 0 Å². The van der Waals surface area contributed by atoms with Gasteiger partial charge >= 0.3 is 0 Å². The van der Waals surface area contributed by atoms with Gasteiger partial charge < -0.3 is 4.74 Å². The highest BCUT2D eigenvalue weighted by Gasteiger charge is 2.13. The zero-order valence-electron chi connectivity index (χ0n) is 10.3. The van der Waals surface area contributed by atoms with Gasteiger partial charge in [-0.3, -0.25) is 4.79 Å². The van der Waals surface area contributed by atoms with Crippen LogP contribution in [-0.4, -0.2) is 19.0 Å². The summed E-state index contributed by atoms with van der Waals surface area (Å²) in [6.07, 6.45) is 3.90. The Morgan fingerprint density at radius 3 is 2.59 bits per heavy atom. The lowest BCUT2D eigenvalue weighted by Crippen LogP contribution is -2.16. The molecule has 0 spiro atoms. The van der Waals surface area contributed by atoms with Gasteiger partial charge in [0.05, 0.1) is 0 Å². The Bertz CT molecular complexity index is 404. The molecule has 0 aliphatic heterocycles. The van der Waals surface area contributed by atoms with Crippen molar-refractivity contribution in [3.8, 4) is 0 Å². The van der Waals surface area contributed by atoms with E-state index < -0.39 is 0 Å². The van der Waals surface area contributed by atoms with E-state index >= 15 is 0 Å². The molecule has 0 amide bonds. The molecule has 2 heteroatoms. The van der Waals surface area contributed by atoms with Crippen LogP contribution in [0.1, 0.15) is 18.9 Å². The first-order valence-corrected chi connectivity index (χ1v) is 5.67. The molecule has 1 rings (SSSR count). The lowest BCUT2D eigenvalue weighted by molar-refractivity contribution is -0.116. The van der Waals surface area contributed by atoms with Gasteiger partial charge in [-0.1, -0.05) is 56.0 Å². The maximum atomic E-state index is 11.5. The fourth-order valence-electron chi connectivity index (χ4n) is 1.49. The molecule has 0 heterocycles. The number of rotatable bonds is 6. The first-order chi connectivity index (χ1) is 8.19. The monoisotopic (exact) mass is 230 g/mol. The van der Waals surface area contributed by atoms with E-state index in [0.29, 0.717) is 12.0 Å². The highest BCUT2D eigenvalue weighted by molar-refractivity contribution is 5.96. The third kappa shape index (κ3) is 4.00. The highest BCUT2D eigenvalue weighted by atomic mass is 16.5. The first-order valence-electron chi connectivity index (χ1n) is 5.67. The predicted octanol–water partition coefficient (Wildman–Crippen LogP) is 3.25.